The van der Waals surface area contributed by atoms with E-state index in [1.165, 1.54) is 0 Å². The SMILES string of the molecule is [2H]c1c([2H])c([2H])c(-c2nc(-c3c([2H])c([2H])c([2H])c4c3[se]c3c([2H])c([2H])c([2H])c([2H])c34)nc(-c3c([2H])c([2H])c([2H])c4c3[se]c3c([2H])c([2H])c([2H])c([2H])c34)n2)c([2H])c1[2H]. The van der Waals surface area contributed by atoms with Gasteiger partial charge in [-0.15, -0.1) is 0 Å². The van der Waals surface area contributed by atoms with Crippen molar-refractivity contribution >= 4 is 67.6 Å². The van der Waals surface area contributed by atoms with Gasteiger partial charge in [0.15, 0.2) is 0 Å². The van der Waals surface area contributed by atoms with Crippen molar-refractivity contribution in [1.82, 2.24) is 15.0 Å². The van der Waals surface area contributed by atoms with Crippen LogP contribution in [0, 0.1) is 0 Å². The van der Waals surface area contributed by atoms with E-state index in [1.807, 2.05) is 0 Å². The molecule has 8 aromatic rings. The van der Waals surface area contributed by atoms with Crippen LogP contribution in [0.3, 0.4) is 0 Å². The average molecular weight is 635 g/mol. The molecule has 5 heteroatoms. The molecule has 0 atom stereocenters. The number of hydrogen-bond donors (Lipinski definition) is 0. The number of benzene rings is 5. The van der Waals surface area contributed by atoms with E-state index in [9.17, 15) is 0 Å². The van der Waals surface area contributed by atoms with Gasteiger partial charge in [0.1, 0.15) is 0 Å². The van der Waals surface area contributed by atoms with Gasteiger partial charge >= 0.3 is 258 Å². The van der Waals surface area contributed by atoms with E-state index in [1.54, 1.807) is 0 Å². The molecular formula is C33H19N3Se2. The van der Waals surface area contributed by atoms with Crippen molar-refractivity contribution in [2.45, 2.75) is 0 Å². The first-order chi connectivity index (χ1) is 26.7. The third-order valence-electron chi connectivity index (χ3n) is 5.68. The van der Waals surface area contributed by atoms with Crippen molar-refractivity contribution in [3.63, 3.8) is 0 Å². The molecule has 0 aliphatic carbocycles. The molecule has 3 nitrogen and oxygen atoms in total. The summed E-state index contributed by atoms with van der Waals surface area (Å²) in [6, 6.07) is -11.2. The van der Waals surface area contributed by atoms with Gasteiger partial charge in [-0.1, -0.05) is 0 Å². The van der Waals surface area contributed by atoms with Crippen LogP contribution in [0.1, 0.15) is 26.0 Å². The van der Waals surface area contributed by atoms with Gasteiger partial charge in [0.25, 0.3) is 0 Å². The zero-order chi connectivity index (χ0) is 41.6. The van der Waals surface area contributed by atoms with Crippen LogP contribution >= 0.6 is 0 Å². The predicted octanol–water partition coefficient (Wildman–Crippen LogP) is 7.60. The van der Waals surface area contributed by atoms with Crippen molar-refractivity contribution in [2.75, 3.05) is 0 Å². The van der Waals surface area contributed by atoms with Crippen LogP contribution in [0.2, 0.25) is 0 Å². The molecule has 0 spiro atoms. The molecule has 5 aromatic carbocycles. The Morgan fingerprint density at radius 2 is 0.868 bits per heavy atom. The van der Waals surface area contributed by atoms with Gasteiger partial charge in [-0.3, -0.25) is 0 Å². The molecule has 3 aromatic heterocycles. The number of nitrogens with zero attached hydrogens (tertiary/aromatic N) is 3. The second-order valence-corrected chi connectivity index (χ2v) is 12.1. The van der Waals surface area contributed by atoms with E-state index in [0.717, 1.165) is 0 Å². The van der Waals surface area contributed by atoms with Crippen LogP contribution in [-0.4, -0.2) is 44.0 Å². The quantitative estimate of drug-likeness (QED) is 0.188. The summed E-state index contributed by atoms with van der Waals surface area (Å²) in [6.45, 7) is 0. The molecule has 8 rings (SSSR count). The van der Waals surface area contributed by atoms with E-state index in [-0.39, 0.29) is 61.8 Å². The van der Waals surface area contributed by atoms with Crippen LogP contribution in [0.25, 0.3) is 72.7 Å². The fourth-order valence-corrected chi connectivity index (χ4v) is 8.50. The number of rotatable bonds is 3. The summed E-state index contributed by atoms with van der Waals surface area (Å²) >= 11 is -2.10. The van der Waals surface area contributed by atoms with Gasteiger partial charge in [0.2, 0.25) is 0 Å². The molecule has 0 unspecified atom stereocenters. The second kappa shape index (κ2) is 8.87. The Morgan fingerprint density at radius 1 is 0.421 bits per heavy atom. The van der Waals surface area contributed by atoms with Gasteiger partial charge in [0.05, 0.1) is 0 Å². The van der Waals surface area contributed by atoms with Crippen molar-refractivity contribution in [3.8, 4) is 34.2 Å². The molecule has 0 amide bonds. The van der Waals surface area contributed by atoms with Crippen LogP contribution < -0.4 is 0 Å². The average Bonchev–Trinajstić information content (AvgIpc) is 3.78. The predicted molar refractivity (Wildman–Crippen MR) is 160 cm³/mol. The first kappa shape index (κ1) is 10.4. The van der Waals surface area contributed by atoms with Crippen molar-refractivity contribution < 1.29 is 26.0 Å². The van der Waals surface area contributed by atoms with E-state index in [2.05, 4.69) is 15.0 Å². The second-order valence-electron chi connectivity index (χ2n) is 7.83. The molecule has 38 heavy (non-hydrogen) atoms. The molecule has 178 valence electrons. The molecule has 0 saturated carbocycles. The Labute approximate surface area is 257 Å². The Balaban J connectivity index is 1.60. The van der Waals surface area contributed by atoms with Crippen LogP contribution in [-0.2, 0) is 0 Å². The van der Waals surface area contributed by atoms with Crippen molar-refractivity contribution in [3.05, 3.63) is 115 Å². The summed E-state index contributed by atoms with van der Waals surface area (Å²) in [6.07, 6.45) is 0. The summed E-state index contributed by atoms with van der Waals surface area (Å²) in [5.41, 5.74) is -0.974. The monoisotopic (exact) mass is 636 g/mol. The number of hydrogen-bond acceptors (Lipinski definition) is 3. The fraction of sp³-hybridized carbons (Fsp3) is 0. The summed E-state index contributed by atoms with van der Waals surface area (Å²) in [4.78, 5) is 13.6. The van der Waals surface area contributed by atoms with Gasteiger partial charge in [-0.05, 0) is 0 Å². The van der Waals surface area contributed by atoms with Crippen molar-refractivity contribution in [2.24, 2.45) is 0 Å². The van der Waals surface area contributed by atoms with Crippen molar-refractivity contribution in [1.29, 1.82) is 0 Å². The van der Waals surface area contributed by atoms with Crippen LogP contribution in [0.4, 0.5) is 0 Å². The molecule has 0 aliphatic heterocycles. The summed E-state index contributed by atoms with van der Waals surface area (Å²) in [5, 5.41) is -0.189. The summed E-state index contributed by atoms with van der Waals surface area (Å²) in [5.74, 6) is -1.47. The van der Waals surface area contributed by atoms with Crippen LogP contribution in [0.5, 0.6) is 0 Å². The van der Waals surface area contributed by atoms with Gasteiger partial charge in [0, 0.05) is 0 Å². The minimum absolute atomic E-state index is 0.0348. The van der Waals surface area contributed by atoms with Crippen LogP contribution in [0.15, 0.2) is 115 Å². The van der Waals surface area contributed by atoms with Gasteiger partial charge in [-0.25, -0.2) is 0 Å². The Morgan fingerprint density at radius 3 is 1.42 bits per heavy atom. The van der Waals surface area contributed by atoms with E-state index in [4.69, 9.17) is 26.0 Å². The summed E-state index contributed by atoms with van der Waals surface area (Å²) < 4.78 is 164. The Bertz CT molecular complexity index is 2990. The van der Waals surface area contributed by atoms with E-state index < -0.39 is 155 Å². The maximum absolute atomic E-state index is 9.08. The molecule has 3 heterocycles. The minimum atomic E-state index is -1.05. The number of fused-ring (bicyclic) bond motifs is 6. The first-order valence-corrected chi connectivity index (χ1v) is 14.3. The zero-order valence-electron chi connectivity index (χ0n) is 37.7. The summed E-state index contributed by atoms with van der Waals surface area (Å²) in [7, 11) is 0. The number of aromatic nitrogens is 3. The zero-order valence-corrected chi connectivity index (χ0v) is 22.1. The molecule has 0 N–H and O–H groups in total. The fourth-order valence-electron chi connectivity index (χ4n) is 4.05. The maximum atomic E-state index is 9.08. The van der Waals surface area contributed by atoms with Gasteiger partial charge in [-0.2, -0.15) is 0 Å². The standard InChI is InChI=1S/C33H19N3Se2/c1-2-10-20(11-3-1)31-34-32(25-16-8-14-23-21-12-4-6-18-27(21)37-29(23)25)36-33(35-31)26-17-9-15-24-22-13-5-7-19-28(22)38-30(24)26/h1-19H/i1D,2D,3D,4D,5D,6D,7D,8D,9D,10D,11D,12D,13D,14D,15D,16D,17D,18D,19D. The molecule has 0 saturated heterocycles. The molecule has 0 fully saturated rings. The topological polar surface area (TPSA) is 38.7 Å². The van der Waals surface area contributed by atoms with Gasteiger partial charge < -0.3 is 0 Å². The normalized spacial score (nSPS) is 18.7. The first-order valence-electron chi connectivity index (χ1n) is 20.4. The molecular weight excluding hydrogens is 596 g/mol. The third kappa shape index (κ3) is 3.52. The van der Waals surface area contributed by atoms with E-state index >= 15 is 0 Å². The molecule has 0 radical (unpaired) electrons. The Kier molecular flexibility index (Phi) is 2.42. The van der Waals surface area contributed by atoms with E-state index in [0.29, 0.717) is 0 Å². The molecule has 0 aliphatic rings. The Hall–Kier alpha value is -3.85. The molecule has 0 bridgehead atoms. The third-order valence-corrected chi connectivity index (χ3v) is 10.4.